The lowest BCUT2D eigenvalue weighted by atomic mass is 9.80. The first-order valence-corrected chi connectivity index (χ1v) is 10.5. The minimum atomic E-state index is 0.318. The molecular weight excluding hydrogens is 288 g/mol. The molecule has 0 aliphatic carbocycles. The van der Waals surface area contributed by atoms with Crippen LogP contribution in [0.5, 0.6) is 0 Å². The van der Waals surface area contributed by atoms with Crippen molar-refractivity contribution >= 4 is 0 Å². The van der Waals surface area contributed by atoms with Crippen molar-refractivity contribution in [2.24, 2.45) is 16.7 Å². The van der Waals surface area contributed by atoms with Gasteiger partial charge in [-0.3, -0.25) is 0 Å². The molecule has 0 nitrogen and oxygen atoms in total. The van der Waals surface area contributed by atoms with E-state index in [0.717, 1.165) is 0 Å². The largest absolute Gasteiger partial charge is 0.0879 e. The average molecular weight is 335 g/mol. The van der Waals surface area contributed by atoms with Gasteiger partial charge in [-0.2, -0.15) is 0 Å². The molecule has 0 aromatic carbocycles. The van der Waals surface area contributed by atoms with Gasteiger partial charge in [-0.05, 0) is 48.9 Å². The van der Waals surface area contributed by atoms with Gasteiger partial charge in [0.15, 0.2) is 0 Å². The molecule has 0 bridgehead atoms. The van der Waals surface area contributed by atoms with Gasteiger partial charge in [-0.25, -0.2) is 0 Å². The second kappa shape index (κ2) is 12.8. The van der Waals surface area contributed by atoms with E-state index < -0.39 is 0 Å². The molecule has 24 heavy (non-hydrogen) atoms. The Labute approximate surface area is 154 Å². The molecule has 0 radical (unpaired) electrons. The van der Waals surface area contributed by atoms with E-state index in [9.17, 15) is 0 Å². The van der Waals surface area contributed by atoms with Crippen molar-refractivity contribution in [2.75, 3.05) is 0 Å². The number of unbranched alkanes of at least 4 members (excludes halogenated alkanes) is 7. The van der Waals surface area contributed by atoms with Gasteiger partial charge in [0.1, 0.15) is 0 Å². The monoisotopic (exact) mass is 334 g/mol. The van der Waals surface area contributed by atoms with Crippen LogP contribution in [-0.4, -0.2) is 0 Å². The van der Waals surface area contributed by atoms with Crippen LogP contribution in [0.15, 0.2) is 24.3 Å². The van der Waals surface area contributed by atoms with E-state index in [0.29, 0.717) is 16.7 Å². The van der Waals surface area contributed by atoms with Crippen LogP contribution >= 0.6 is 0 Å². The van der Waals surface area contributed by atoms with Gasteiger partial charge in [-0.15, -0.1) is 0 Å². The SMILES string of the molecule is CCCCCCCCC=CC(C=CCCCC(C)(C)C)C(C)(C)C. The molecule has 1 atom stereocenters. The molecule has 0 aromatic heterocycles. The van der Waals surface area contributed by atoms with Crippen LogP contribution in [0.2, 0.25) is 0 Å². The highest BCUT2D eigenvalue weighted by Crippen LogP contribution is 2.29. The molecule has 0 saturated heterocycles. The average Bonchev–Trinajstić information content (AvgIpc) is 2.45. The van der Waals surface area contributed by atoms with Crippen LogP contribution in [0.25, 0.3) is 0 Å². The molecule has 0 amide bonds. The highest BCUT2D eigenvalue weighted by atomic mass is 14.2. The van der Waals surface area contributed by atoms with Crippen LogP contribution in [0.4, 0.5) is 0 Å². The summed E-state index contributed by atoms with van der Waals surface area (Å²) in [4.78, 5) is 0. The van der Waals surface area contributed by atoms with E-state index in [1.54, 1.807) is 0 Å². The molecule has 0 aliphatic rings. The van der Waals surface area contributed by atoms with Crippen molar-refractivity contribution in [3.05, 3.63) is 24.3 Å². The highest BCUT2D eigenvalue weighted by molar-refractivity contribution is 5.05. The van der Waals surface area contributed by atoms with Crippen LogP contribution in [0.3, 0.4) is 0 Å². The van der Waals surface area contributed by atoms with Gasteiger partial charge in [0, 0.05) is 0 Å². The van der Waals surface area contributed by atoms with Crippen molar-refractivity contribution in [3.63, 3.8) is 0 Å². The van der Waals surface area contributed by atoms with Crippen LogP contribution < -0.4 is 0 Å². The van der Waals surface area contributed by atoms with Gasteiger partial charge < -0.3 is 0 Å². The minimum absolute atomic E-state index is 0.318. The van der Waals surface area contributed by atoms with Crippen LogP contribution in [0, 0.1) is 16.7 Å². The van der Waals surface area contributed by atoms with Crippen molar-refractivity contribution < 1.29 is 0 Å². The third kappa shape index (κ3) is 15.0. The summed E-state index contributed by atoms with van der Waals surface area (Å²) < 4.78 is 0. The topological polar surface area (TPSA) is 0 Å². The summed E-state index contributed by atoms with van der Waals surface area (Å²) in [5.41, 5.74) is 0.784. The summed E-state index contributed by atoms with van der Waals surface area (Å²) in [5.74, 6) is 0.562. The molecule has 0 saturated carbocycles. The Bertz CT molecular complexity index is 332. The van der Waals surface area contributed by atoms with Crippen LogP contribution in [-0.2, 0) is 0 Å². The van der Waals surface area contributed by atoms with Gasteiger partial charge >= 0.3 is 0 Å². The quantitative estimate of drug-likeness (QED) is 0.247. The fourth-order valence-corrected chi connectivity index (χ4v) is 2.92. The normalized spacial score (nSPS) is 14.8. The van der Waals surface area contributed by atoms with Crippen molar-refractivity contribution in [1.29, 1.82) is 0 Å². The molecule has 0 N–H and O–H groups in total. The Morgan fingerprint density at radius 1 is 0.667 bits per heavy atom. The van der Waals surface area contributed by atoms with Crippen LogP contribution in [0.1, 0.15) is 113 Å². The summed E-state index contributed by atoms with van der Waals surface area (Å²) >= 11 is 0. The van der Waals surface area contributed by atoms with Crippen molar-refractivity contribution in [3.8, 4) is 0 Å². The smallest absolute Gasteiger partial charge is 0.000488 e. The summed E-state index contributed by atoms with van der Waals surface area (Å²) in [6, 6.07) is 0. The Balaban J connectivity index is 4.12. The minimum Gasteiger partial charge on any atom is -0.0879 e. The van der Waals surface area contributed by atoms with Crippen molar-refractivity contribution in [2.45, 2.75) is 113 Å². The predicted molar refractivity (Wildman–Crippen MR) is 113 cm³/mol. The molecule has 0 heteroatoms. The fraction of sp³-hybridized carbons (Fsp3) is 0.833. The maximum Gasteiger partial charge on any atom is -0.000488 e. The number of allylic oxidation sites excluding steroid dienone is 4. The summed E-state index contributed by atoms with van der Waals surface area (Å²) in [6.45, 7) is 16.3. The summed E-state index contributed by atoms with van der Waals surface area (Å²) in [7, 11) is 0. The fourth-order valence-electron chi connectivity index (χ4n) is 2.92. The maximum atomic E-state index is 2.45. The summed E-state index contributed by atoms with van der Waals surface area (Å²) in [6.07, 6.45) is 23.1. The Morgan fingerprint density at radius 2 is 1.17 bits per heavy atom. The summed E-state index contributed by atoms with van der Waals surface area (Å²) in [5, 5.41) is 0. The first kappa shape index (κ1) is 23.5. The molecular formula is C24H46. The zero-order valence-electron chi connectivity index (χ0n) is 18.0. The Hall–Kier alpha value is -0.520. The number of rotatable bonds is 12. The first-order chi connectivity index (χ1) is 11.2. The second-order valence-electron chi connectivity index (χ2n) is 9.76. The van der Waals surface area contributed by atoms with E-state index >= 15 is 0 Å². The molecule has 0 aliphatic heterocycles. The Kier molecular flexibility index (Phi) is 12.5. The predicted octanol–water partition coefficient (Wildman–Crippen LogP) is 8.73. The lowest BCUT2D eigenvalue weighted by Gasteiger charge is -2.25. The highest BCUT2D eigenvalue weighted by Gasteiger charge is 2.19. The van der Waals surface area contributed by atoms with E-state index in [1.165, 1.54) is 64.2 Å². The standard InChI is InChI=1S/C24H46/c1-8-9-10-11-12-13-14-16-19-22(24(5,6)7)20-17-15-18-21-23(2,3)4/h16-17,19-20,22H,8-15,18,21H2,1-7H3. The zero-order valence-corrected chi connectivity index (χ0v) is 18.0. The molecule has 0 aromatic rings. The molecule has 0 rings (SSSR count). The van der Waals surface area contributed by atoms with E-state index in [2.05, 4.69) is 72.8 Å². The molecule has 0 heterocycles. The van der Waals surface area contributed by atoms with E-state index in [-0.39, 0.29) is 0 Å². The molecule has 1 unspecified atom stereocenters. The maximum absolute atomic E-state index is 2.45. The van der Waals surface area contributed by atoms with E-state index in [1.807, 2.05) is 0 Å². The first-order valence-electron chi connectivity index (χ1n) is 10.5. The van der Waals surface area contributed by atoms with Gasteiger partial charge in [0.25, 0.3) is 0 Å². The molecule has 0 fully saturated rings. The Morgan fingerprint density at radius 3 is 1.67 bits per heavy atom. The van der Waals surface area contributed by atoms with Gasteiger partial charge in [-0.1, -0.05) is 105 Å². The lowest BCUT2D eigenvalue weighted by Crippen LogP contribution is -2.16. The zero-order chi connectivity index (χ0) is 18.5. The molecule has 0 spiro atoms. The van der Waals surface area contributed by atoms with Gasteiger partial charge in [0.05, 0.1) is 0 Å². The van der Waals surface area contributed by atoms with Gasteiger partial charge in [0.2, 0.25) is 0 Å². The second-order valence-corrected chi connectivity index (χ2v) is 9.76. The van der Waals surface area contributed by atoms with E-state index in [4.69, 9.17) is 0 Å². The third-order valence-electron chi connectivity index (χ3n) is 4.71. The number of hydrogen-bond acceptors (Lipinski definition) is 0. The third-order valence-corrected chi connectivity index (χ3v) is 4.71. The lowest BCUT2D eigenvalue weighted by molar-refractivity contribution is 0.341. The number of hydrogen-bond donors (Lipinski definition) is 0. The van der Waals surface area contributed by atoms with Crippen molar-refractivity contribution in [1.82, 2.24) is 0 Å². The molecule has 142 valence electrons.